The second-order valence-corrected chi connectivity index (χ2v) is 3.95. The third-order valence-corrected chi connectivity index (χ3v) is 2.57. The molecule has 3 N–H and O–H groups in total. The predicted octanol–water partition coefficient (Wildman–Crippen LogP) is 3.54. The number of benzene rings is 2. The molecule has 0 aromatic heterocycles. The minimum Gasteiger partial charge on any atom is -0.397 e. The molecule has 0 atom stereocenters. The summed E-state index contributed by atoms with van der Waals surface area (Å²) in [5.41, 5.74) is 8.38. The molecule has 0 saturated carbocycles. The third-order valence-electron chi connectivity index (χ3n) is 2.33. The molecule has 0 amide bonds. The second-order valence-electron chi connectivity index (χ2n) is 3.51. The van der Waals surface area contributed by atoms with E-state index < -0.39 is 0 Å². The van der Waals surface area contributed by atoms with Gasteiger partial charge in [-0.1, -0.05) is 23.7 Å². The minimum absolute atomic E-state index is 0.562. The van der Waals surface area contributed by atoms with Gasteiger partial charge < -0.3 is 11.1 Å². The van der Waals surface area contributed by atoms with Crippen molar-refractivity contribution < 1.29 is 0 Å². The molecular weight excluding hydrogens is 234 g/mol. The maximum atomic E-state index is 8.97. The lowest BCUT2D eigenvalue weighted by Crippen LogP contribution is -1.97. The van der Waals surface area contributed by atoms with E-state index in [1.165, 1.54) is 0 Å². The number of hydrogen-bond acceptors (Lipinski definition) is 3. The van der Waals surface area contributed by atoms with E-state index in [2.05, 4.69) is 11.4 Å². The molecule has 2 aromatic rings. The molecule has 0 aliphatic heterocycles. The largest absolute Gasteiger partial charge is 0.397 e. The van der Waals surface area contributed by atoms with Crippen LogP contribution in [-0.4, -0.2) is 0 Å². The number of halogens is 1. The summed E-state index contributed by atoms with van der Waals surface area (Å²) in [7, 11) is 0. The Morgan fingerprint density at radius 2 is 1.88 bits per heavy atom. The summed E-state index contributed by atoms with van der Waals surface area (Å²) in [6.07, 6.45) is 0. The van der Waals surface area contributed by atoms with Crippen molar-refractivity contribution >= 4 is 28.7 Å². The van der Waals surface area contributed by atoms with Gasteiger partial charge >= 0.3 is 0 Å². The van der Waals surface area contributed by atoms with Crippen LogP contribution in [-0.2, 0) is 0 Å². The first kappa shape index (κ1) is 11.3. The highest BCUT2D eigenvalue weighted by atomic mass is 35.5. The molecule has 2 rings (SSSR count). The summed E-state index contributed by atoms with van der Waals surface area (Å²) in [5.74, 6) is 0. The standard InChI is InChI=1S/C13H10ClN3/c14-10-5-6-11(16)13(7-10)17-12-4-2-1-3-9(12)8-15/h1-7,17H,16H2. The van der Waals surface area contributed by atoms with Crippen LogP contribution in [0.15, 0.2) is 42.5 Å². The number of nitrogens with two attached hydrogens (primary N) is 1. The SMILES string of the molecule is N#Cc1ccccc1Nc1cc(Cl)ccc1N. The molecule has 0 spiro atoms. The first-order valence-electron chi connectivity index (χ1n) is 5.02. The number of nitrogens with one attached hydrogen (secondary N) is 1. The molecule has 0 unspecified atom stereocenters. The summed E-state index contributed by atoms with van der Waals surface area (Å²) in [5, 5.41) is 12.7. The number of nitrogens with zero attached hydrogens (tertiary/aromatic N) is 1. The third kappa shape index (κ3) is 2.49. The smallest absolute Gasteiger partial charge is 0.101 e. The fourth-order valence-electron chi connectivity index (χ4n) is 1.47. The van der Waals surface area contributed by atoms with Crippen LogP contribution in [0.4, 0.5) is 17.1 Å². The molecule has 17 heavy (non-hydrogen) atoms. The Kier molecular flexibility index (Phi) is 3.17. The second kappa shape index (κ2) is 4.77. The molecule has 0 heterocycles. The number of para-hydroxylation sites is 1. The van der Waals surface area contributed by atoms with Crippen LogP contribution >= 0.6 is 11.6 Å². The van der Waals surface area contributed by atoms with Crippen LogP contribution in [0.2, 0.25) is 5.02 Å². The average Bonchev–Trinajstić information content (AvgIpc) is 2.34. The molecule has 0 aliphatic rings. The molecule has 0 saturated heterocycles. The predicted molar refractivity (Wildman–Crippen MR) is 70.3 cm³/mol. The zero-order chi connectivity index (χ0) is 12.3. The molecular formula is C13H10ClN3. The van der Waals surface area contributed by atoms with Crippen molar-refractivity contribution in [3.05, 3.63) is 53.1 Å². The van der Waals surface area contributed by atoms with Crippen LogP contribution in [0, 0.1) is 11.3 Å². The Morgan fingerprint density at radius 1 is 1.12 bits per heavy atom. The topological polar surface area (TPSA) is 61.8 Å². The first-order chi connectivity index (χ1) is 8.20. The van der Waals surface area contributed by atoms with Crippen molar-refractivity contribution in [1.29, 1.82) is 5.26 Å². The van der Waals surface area contributed by atoms with Gasteiger partial charge in [-0.3, -0.25) is 0 Å². The van der Waals surface area contributed by atoms with Gasteiger partial charge in [0.1, 0.15) is 6.07 Å². The molecule has 84 valence electrons. The summed E-state index contributed by atoms with van der Waals surface area (Å²) in [6.45, 7) is 0. The summed E-state index contributed by atoms with van der Waals surface area (Å²) < 4.78 is 0. The zero-order valence-corrected chi connectivity index (χ0v) is 9.70. The highest BCUT2D eigenvalue weighted by Crippen LogP contribution is 2.27. The van der Waals surface area contributed by atoms with Crippen LogP contribution < -0.4 is 11.1 Å². The first-order valence-corrected chi connectivity index (χ1v) is 5.39. The Balaban J connectivity index is 2.38. The summed E-state index contributed by atoms with van der Waals surface area (Å²) >= 11 is 5.90. The van der Waals surface area contributed by atoms with E-state index in [9.17, 15) is 0 Å². The quantitative estimate of drug-likeness (QED) is 0.793. The number of anilines is 3. The molecule has 0 fully saturated rings. The lowest BCUT2D eigenvalue weighted by Gasteiger charge is -2.10. The highest BCUT2D eigenvalue weighted by molar-refractivity contribution is 6.31. The Labute approximate surface area is 104 Å². The Bertz CT molecular complexity index is 587. The van der Waals surface area contributed by atoms with Gasteiger partial charge in [0.25, 0.3) is 0 Å². The molecule has 0 radical (unpaired) electrons. The molecule has 3 nitrogen and oxygen atoms in total. The van der Waals surface area contributed by atoms with E-state index in [0.717, 1.165) is 0 Å². The fourth-order valence-corrected chi connectivity index (χ4v) is 1.64. The highest BCUT2D eigenvalue weighted by Gasteiger charge is 2.04. The van der Waals surface area contributed by atoms with E-state index >= 15 is 0 Å². The van der Waals surface area contributed by atoms with Crippen molar-refractivity contribution in [3.8, 4) is 6.07 Å². The van der Waals surface area contributed by atoms with Crippen molar-refractivity contribution in [2.45, 2.75) is 0 Å². The zero-order valence-electron chi connectivity index (χ0n) is 8.94. The van der Waals surface area contributed by atoms with Gasteiger partial charge in [-0.15, -0.1) is 0 Å². The molecule has 0 aliphatic carbocycles. The van der Waals surface area contributed by atoms with Gasteiger partial charge in [0.05, 0.1) is 22.6 Å². The van der Waals surface area contributed by atoms with Crippen molar-refractivity contribution in [2.24, 2.45) is 0 Å². The van der Waals surface area contributed by atoms with E-state index in [-0.39, 0.29) is 0 Å². The average molecular weight is 244 g/mol. The normalized spacial score (nSPS) is 9.65. The van der Waals surface area contributed by atoms with Crippen LogP contribution in [0.5, 0.6) is 0 Å². The monoisotopic (exact) mass is 243 g/mol. The van der Waals surface area contributed by atoms with E-state index in [4.69, 9.17) is 22.6 Å². The van der Waals surface area contributed by atoms with Crippen molar-refractivity contribution in [2.75, 3.05) is 11.1 Å². The van der Waals surface area contributed by atoms with Crippen LogP contribution in [0.1, 0.15) is 5.56 Å². The number of nitrogen functional groups attached to an aromatic ring is 1. The Hall–Kier alpha value is -2.18. The fraction of sp³-hybridized carbons (Fsp3) is 0. The number of hydrogen-bond donors (Lipinski definition) is 2. The maximum Gasteiger partial charge on any atom is 0.101 e. The Morgan fingerprint density at radius 3 is 2.65 bits per heavy atom. The van der Waals surface area contributed by atoms with Gasteiger partial charge in [-0.25, -0.2) is 0 Å². The van der Waals surface area contributed by atoms with E-state index in [1.54, 1.807) is 24.3 Å². The van der Waals surface area contributed by atoms with Crippen LogP contribution in [0.3, 0.4) is 0 Å². The molecule has 0 bridgehead atoms. The lowest BCUT2D eigenvalue weighted by molar-refractivity contribution is 1.46. The van der Waals surface area contributed by atoms with Gasteiger partial charge in [0, 0.05) is 5.02 Å². The van der Waals surface area contributed by atoms with Crippen molar-refractivity contribution in [1.82, 2.24) is 0 Å². The number of nitriles is 1. The summed E-state index contributed by atoms with van der Waals surface area (Å²) in [4.78, 5) is 0. The van der Waals surface area contributed by atoms with Gasteiger partial charge in [-0.2, -0.15) is 5.26 Å². The summed E-state index contributed by atoms with van der Waals surface area (Å²) in [6, 6.07) is 14.5. The van der Waals surface area contributed by atoms with E-state index in [0.29, 0.717) is 27.6 Å². The number of rotatable bonds is 2. The van der Waals surface area contributed by atoms with Gasteiger partial charge in [0.15, 0.2) is 0 Å². The molecule has 4 heteroatoms. The van der Waals surface area contributed by atoms with Gasteiger partial charge in [-0.05, 0) is 30.3 Å². The maximum absolute atomic E-state index is 8.97. The lowest BCUT2D eigenvalue weighted by atomic mass is 10.2. The van der Waals surface area contributed by atoms with E-state index in [1.807, 2.05) is 18.2 Å². The van der Waals surface area contributed by atoms with Crippen molar-refractivity contribution in [3.63, 3.8) is 0 Å². The molecule has 2 aromatic carbocycles. The minimum atomic E-state index is 0.562. The van der Waals surface area contributed by atoms with Gasteiger partial charge in [0.2, 0.25) is 0 Å². The van der Waals surface area contributed by atoms with Crippen LogP contribution in [0.25, 0.3) is 0 Å².